The Morgan fingerprint density at radius 2 is 1.90 bits per heavy atom. The van der Waals surface area contributed by atoms with Crippen LogP contribution in [0.3, 0.4) is 0 Å². The Labute approximate surface area is 180 Å². The molecule has 0 atom stereocenters. The number of hydrogen-bond acceptors (Lipinski definition) is 3. The summed E-state index contributed by atoms with van der Waals surface area (Å²) in [5.74, 6) is 2.83. The van der Waals surface area contributed by atoms with Gasteiger partial charge in [0, 0.05) is 0 Å². The molecule has 1 aliphatic carbocycles. The summed E-state index contributed by atoms with van der Waals surface area (Å²) in [6.07, 6.45) is 3.95. The molecule has 0 N–H and O–H groups in total. The van der Waals surface area contributed by atoms with Gasteiger partial charge in [0.05, 0.1) is 0 Å². The van der Waals surface area contributed by atoms with E-state index in [9.17, 15) is 4.79 Å². The van der Waals surface area contributed by atoms with Crippen LogP contribution in [-0.2, 0) is 15.6 Å². The van der Waals surface area contributed by atoms with Gasteiger partial charge in [0.2, 0.25) is 0 Å². The van der Waals surface area contributed by atoms with Crippen molar-refractivity contribution in [2.24, 2.45) is 0 Å². The zero-order chi connectivity index (χ0) is 21.2. The van der Waals surface area contributed by atoms with E-state index >= 15 is 0 Å². The average molecular weight is 454 g/mol. The summed E-state index contributed by atoms with van der Waals surface area (Å²) in [7, 11) is 0. The standard InChI is InChI=1S/C25H29NO2Se/c1-7-28-23(27)18-8-9-19(26-16-18)10-13-29-21-15-17(2)14-20-22(21)25(5,6)12-11-24(20,3)4/h8-9,14-16H,7,11-12H2,1-6H3. The fourth-order valence-electron chi connectivity index (χ4n) is 3.89. The fraction of sp³-hybridized carbons (Fsp3) is 0.440. The normalized spacial score (nSPS) is 16.3. The number of aromatic nitrogens is 1. The summed E-state index contributed by atoms with van der Waals surface area (Å²) in [5.41, 5.74) is 5.82. The first kappa shape index (κ1) is 21.6. The van der Waals surface area contributed by atoms with Crippen molar-refractivity contribution in [2.75, 3.05) is 6.61 Å². The number of esters is 1. The minimum absolute atomic E-state index is 0.0439. The SMILES string of the molecule is CCOC(=O)c1ccc(C#C[Se]c2cc(C)cc3c2C(C)(C)CCC3(C)C)nc1. The molecule has 29 heavy (non-hydrogen) atoms. The summed E-state index contributed by atoms with van der Waals surface area (Å²) in [6.45, 7) is 13.8. The van der Waals surface area contributed by atoms with E-state index in [1.54, 1.807) is 19.1 Å². The summed E-state index contributed by atoms with van der Waals surface area (Å²) in [4.78, 5) is 19.4. The molecule has 3 rings (SSSR count). The molecule has 0 amide bonds. The molecule has 152 valence electrons. The molecule has 0 saturated carbocycles. The van der Waals surface area contributed by atoms with Gasteiger partial charge in [0.15, 0.2) is 0 Å². The number of carbonyl (C=O) groups excluding carboxylic acids is 1. The van der Waals surface area contributed by atoms with Crippen LogP contribution < -0.4 is 4.46 Å². The van der Waals surface area contributed by atoms with Crippen molar-refractivity contribution < 1.29 is 9.53 Å². The number of ether oxygens (including phenoxy) is 1. The first-order valence-electron chi connectivity index (χ1n) is 10.1. The molecular formula is C25H29NO2Se. The molecule has 3 nitrogen and oxygen atoms in total. The molecule has 1 aromatic heterocycles. The van der Waals surface area contributed by atoms with E-state index in [4.69, 9.17) is 4.74 Å². The van der Waals surface area contributed by atoms with E-state index < -0.39 is 0 Å². The topological polar surface area (TPSA) is 39.2 Å². The van der Waals surface area contributed by atoms with Crippen molar-refractivity contribution >= 4 is 25.4 Å². The van der Waals surface area contributed by atoms with Crippen LogP contribution in [0.5, 0.6) is 0 Å². The van der Waals surface area contributed by atoms with Gasteiger partial charge in [-0.3, -0.25) is 0 Å². The Kier molecular flexibility index (Phi) is 6.22. The summed E-state index contributed by atoms with van der Waals surface area (Å²) in [6, 6.07) is 8.20. The number of aryl methyl sites for hydroxylation is 1. The van der Waals surface area contributed by atoms with Crippen molar-refractivity contribution in [2.45, 2.75) is 65.2 Å². The first-order chi connectivity index (χ1) is 13.6. The van der Waals surface area contributed by atoms with Crippen molar-refractivity contribution in [1.82, 2.24) is 4.98 Å². The third-order valence-electron chi connectivity index (χ3n) is 5.64. The molecule has 1 aromatic carbocycles. The molecule has 0 spiro atoms. The van der Waals surface area contributed by atoms with Crippen LogP contribution in [0.4, 0.5) is 0 Å². The Morgan fingerprint density at radius 1 is 1.17 bits per heavy atom. The molecule has 1 heterocycles. The van der Waals surface area contributed by atoms with Gasteiger partial charge in [0.1, 0.15) is 0 Å². The zero-order valence-electron chi connectivity index (χ0n) is 18.2. The van der Waals surface area contributed by atoms with E-state index in [0.29, 0.717) is 17.9 Å². The Hall–Kier alpha value is -2.08. The zero-order valence-corrected chi connectivity index (χ0v) is 19.9. The number of nitrogens with zero attached hydrogens (tertiary/aromatic N) is 1. The molecule has 0 radical (unpaired) electrons. The van der Waals surface area contributed by atoms with Crippen molar-refractivity contribution in [3.8, 4) is 10.7 Å². The van der Waals surface area contributed by atoms with Gasteiger partial charge in [0.25, 0.3) is 0 Å². The minimum atomic E-state index is -0.347. The molecule has 1 aliphatic rings. The van der Waals surface area contributed by atoms with Crippen molar-refractivity contribution in [3.63, 3.8) is 0 Å². The Balaban J connectivity index is 1.88. The van der Waals surface area contributed by atoms with E-state index in [-0.39, 0.29) is 31.8 Å². The van der Waals surface area contributed by atoms with E-state index in [0.717, 1.165) is 0 Å². The van der Waals surface area contributed by atoms with Crippen molar-refractivity contribution in [1.29, 1.82) is 0 Å². The summed E-state index contributed by atoms with van der Waals surface area (Å²) in [5, 5.41) is 0. The van der Waals surface area contributed by atoms with Gasteiger partial charge < -0.3 is 0 Å². The number of carbonyl (C=O) groups is 1. The third-order valence-corrected chi connectivity index (χ3v) is 7.21. The average Bonchev–Trinajstić information content (AvgIpc) is 2.66. The Bertz CT molecular complexity index is 978. The third kappa shape index (κ3) is 4.74. The maximum atomic E-state index is 11.7. The second-order valence-corrected chi connectivity index (χ2v) is 10.7. The van der Waals surface area contributed by atoms with Gasteiger partial charge in [-0.05, 0) is 0 Å². The van der Waals surface area contributed by atoms with Crippen LogP contribution in [0.15, 0.2) is 30.5 Å². The number of benzene rings is 1. The van der Waals surface area contributed by atoms with Crippen LogP contribution in [0.1, 0.15) is 80.2 Å². The van der Waals surface area contributed by atoms with Gasteiger partial charge in [-0.2, -0.15) is 0 Å². The number of fused-ring (bicyclic) bond motifs is 1. The molecule has 4 heteroatoms. The van der Waals surface area contributed by atoms with Crippen LogP contribution in [-0.4, -0.2) is 32.5 Å². The van der Waals surface area contributed by atoms with Crippen LogP contribution in [0, 0.1) is 17.7 Å². The van der Waals surface area contributed by atoms with Gasteiger partial charge in [-0.1, -0.05) is 0 Å². The first-order valence-corrected chi connectivity index (χ1v) is 11.8. The molecule has 0 saturated heterocycles. The van der Waals surface area contributed by atoms with Crippen molar-refractivity contribution in [3.05, 3.63) is 58.4 Å². The second-order valence-electron chi connectivity index (χ2n) is 8.94. The monoisotopic (exact) mass is 455 g/mol. The predicted octanol–water partition coefficient (Wildman–Crippen LogP) is 4.25. The Morgan fingerprint density at radius 3 is 2.55 bits per heavy atom. The molecule has 0 aliphatic heterocycles. The van der Waals surface area contributed by atoms with Crippen LogP contribution in [0.25, 0.3) is 0 Å². The molecule has 2 aromatic rings. The summed E-state index contributed by atoms with van der Waals surface area (Å²) >= 11 is 0.0439. The fourth-order valence-corrected chi connectivity index (χ4v) is 5.98. The molecule has 0 unspecified atom stereocenters. The maximum absolute atomic E-state index is 11.7. The number of hydrogen-bond donors (Lipinski definition) is 0. The predicted molar refractivity (Wildman–Crippen MR) is 119 cm³/mol. The summed E-state index contributed by atoms with van der Waals surface area (Å²) < 4.78 is 6.38. The van der Waals surface area contributed by atoms with E-state index in [2.05, 4.69) is 62.5 Å². The molecule has 0 bridgehead atoms. The number of rotatable bonds is 3. The van der Waals surface area contributed by atoms with Crippen LogP contribution >= 0.6 is 0 Å². The quantitative estimate of drug-likeness (QED) is 0.395. The van der Waals surface area contributed by atoms with Gasteiger partial charge >= 0.3 is 181 Å². The van der Waals surface area contributed by atoms with Crippen LogP contribution in [0.2, 0.25) is 0 Å². The number of pyridine rings is 1. The van der Waals surface area contributed by atoms with E-state index in [1.807, 2.05) is 0 Å². The molecule has 0 fully saturated rings. The second kappa shape index (κ2) is 8.34. The molecular weight excluding hydrogens is 425 g/mol. The van der Waals surface area contributed by atoms with Gasteiger partial charge in [-0.15, -0.1) is 0 Å². The van der Waals surface area contributed by atoms with Gasteiger partial charge in [-0.25, -0.2) is 0 Å². The van der Waals surface area contributed by atoms with E-state index in [1.165, 1.54) is 40.2 Å².